The number of imidazole rings is 1. The molecule has 1 aromatic carbocycles. The molecule has 3 heterocycles. The average molecular weight is 452 g/mol. The first-order valence-electron chi connectivity index (χ1n) is 10.6. The number of fused-ring (bicyclic) bond motifs is 1. The Labute approximate surface area is 190 Å². The monoisotopic (exact) mass is 452 g/mol. The van der Waals surface area contributed by atoms with Gasteiger partial charge in [-0.25, -0.2) is 19.4 Å². The summed E-state index contributed by atoms with van der Waals surface area (Å²) in [5, 5.41) is 4.19. The smallest absolute Gasteiger partial charge is 0.338 e. The zero-order valence-corrected chi connectivity index (χ0v) is 18.5. The van der Waals surface area contributed by atoms with E-state index in [1.165, 1.54) is 19.4 Å². The van der Waals surface area contributed by atoms with Crippen LogP contribution in [0.2, 0.25) is 0 Å². The SMILES string of the molecule is COC(=O)c1cc(F)nc(-c2cnn(C)c2OCCCCCn2c(N)nc3ccccc32)c1. The number of carbonyl (C=O) groups excluding carboxylic acids is 1. The number of para-hydroxylation sites is 2. The fourth-order valence-corrected chi connectivity index (χ4v) is 3.69. The molecule has 0 amide bonds. The fourth-order valence-electron chi connectivity index (χ4n) is 3.69. The van der Waals surface area contributed by atoms with Crippen LogP contribution in [0.15, 0.2) is 42.6 Å². The molecular weight excluding hydrogens is 427 g/mol. The van der Waals surface area contributed by atoms with Gasteiger partial charge in [0.1, 0.15) is 0 Å². The van der Waals surface area contributed by atoms with Gasteiger partial charge >= 0.3 is 5.97 Å². The minimum Gasteiger partial charge on any atom is -0.477 e. The van der Waals surface area contributed by atoms with Crippen molar-refractivity contribution in [1.29, 1.82) is 0 Å². The molecule has 0 unspecified atom stereocenters. The number of halogens is 1. The Morgan fingerprint density at radius 1 is 1.15 bits per heavy atom. The van der Waals surface area contributed by atoms with Crippen LogP contribution in [0.4, 0.5) is 10.3 Å². The molecule has 33 heavy (non-hydrogen) atoms. The molecule has 0 aliphatic rings. The van der Waals surface area contributed by atoms with E-state index >= 15 is 0 Å². The molecule has 0 atom stereocenters. The molecule has 10 heteroatoms. The summed E-state index contributed by atoms with van der Waals surface area (Å²) in [7, 11) is 2.97. The number of hydrogen-bond acceptors (Lipinski definition) is 7. The van der Waals surface area contributed by atoms with Gasteiger partial charge in [-0.3, -0.25) is 0 Å². The molecule has 2 N–H and O–H groups in total. The number of benzene rings is 1. The van der Waals surface area contributed by atoms with E-state index in [4.69, 9.17) is 10.5 Å². The second-order valence-electron chi connectivity index (χ2n) is 7.56. The number of pyridine rings is 1. The number of anilines is 1. The summed E-state index contributed by atoms with van der Waals surface area (Å²) in [6.07, 6.45) is 4.18. The van der Waals surface area contributed by atoms with Crippen molar-refractivity contribution in [1.82, 2.24) is 24.3 Å². The van der Waals surface area contributed by atoms with E-state index < -0.39 is 11.9 Å². The molecule has 0 saturated carbocycles. The number of hydrogen-bond donors (Lipinski definition) is 1. The van der Waals surface area contributed by atoms with Gasteiger partial charge in [-0.2, -0.15) is 9.49 Å². The average Bonchev–Trinajstić information content (AvgIpc) is 3.34. The van der Waals surface area contributed by atoms with Gasteiger partial charge in [-0.05, 0) is 37.5 Å². The summed E-state index contributed by atoms with van der Waals surface area (Å²) in [5.74, 6) is -0.459. The molecule has 0 aliphatic carbocycles. The Kier molecular flexibility index (Phi) is 6.53. The summed E-state index contributed by atoms with van der Waals surface area (Å²) >= 11 is 0. The highest BCUT2D eigenvalue weighted by Crippen LogP contribution is 2.29. The van der Waals surface area contributed by atoms with Crippen molar-refractivity contribution < 1.29 is 18.7 Å². The van der Waals surface area contributed by atoms with Crippen molar-refractivity contribution in [2.75, 3.05) is 19.5 Å². The summed E-state index contributed by atoms with van der Waals surface area (Å²) in [4.78, 5) is 20.1. The molecule has 0 radical (unpaired) electrons. The third-order valence-corrected chi connectivity index (χ3v) is 5.32. The highest BCUT2D eigenvalue weighted by atomic mass is 19.1. The topological polar surface area (TPSA) is 110 Å². The lowest BCUT2D eigenvalue weighted by atomic mass is 10.1. The van der Waals surface area contributed by atoms with E-state index in [2.05, 4.69) is 19.8 Å². The number of nitrogens with two attached hydrogens (primary N) is 1. The predicted octanol–water partition coefficient (Wildman–Crippen LogP) is 3.59. The maximum absolute atomic E-state index is 14.0. The summed E-state index contributed by atoms with van der Waals surface area (Å²) in [5.41, 5.74) is 8.79. The van der Waals surface area contributed by atoms with Gasteiger partial charge in [0.2, 0.25) is 17.8 Å². The minimum atomic E-state index is -0.783. The molecule has 0 bridgehead atoms. The first-order valence-corrected chi connectivity index (χ1v) is 10.6. The van der Waals surface area contributed by atoms with Crippen molar-refractivity contribution in [2.45, 2.75) is 25.8 Å². The van der Waals surface area contributed by atoms with Crippen LogP contribution in [0, 0.1) is 5.95 Å². The number of ether oxygens (including phenoxy) is 2. The molecule has 9 nitrogen and oxygen atoms in total. The third-order valence-electron chi connectivity index (χ3n) is 5.32. The first kappa shape index (κ1) is 22.3. The number of rotatable bonds is 9. The van der Waals surface area contributed by atoms with Crippen LogP contribution in [0.5, 0.6) is 5.88 Å². The number of nitrogens with zero attached hydrogens (tertiary/aromatic N) is 5. The highest BCUT2D eigenvalue weighted by molar-refractivity contribution is 5.90. The van der Waals surface area contributed by atoms with Crippen molar-refractivity contribution in [3.63, 3.8) is 0 Å². The van der Waals surface area contributed by atoms with Crippen LogP contribution < -0.4 is 10.5 Å². The molecule has 4 rings (SSSR count). The largest absolute Gasteiger partial charge is 0.477 e. The number of aromatic nitrogens is 5. The maximum Gasteiger partial charge on any atom is 0.338 e. The second kappa shape index (κ2) is 9.68. The van der Waals surface area contributed by atoms with Crippen LogP contribution in [0.3, 0.4) is 0 Å². The van der Waals surface area contributed by atoms with E-state index in [1.54, 1.807) is 11.7 Å². The van der Waals surface area contributed by atoms with Crippen LogP contribution >= 0.6 is 0 Å². The fraction of sp³-hybridized carbons (Fsp3) is 0.304. The number of unbranched alkanes of at least 4 members (excludes halogenated alkanes) is 2. The molecule has 4 aromatic rings. The van der Waals surface area contributed by atoms with Crippen LogP contribution in [0.25, 0.3) is 22.3 Å². The van der Waals surface area contributed by atoms with Gasteiger partial charge in [0.25, 0.3) is 0 Å². The van der Waals surface area contributed by atoms with Gasteiger partial charge in [0.15, 0.2) is 0 Å². The Hall–Kier alpha value is -3.95. The van der Waals surface area contributed by atoms with E-state index in [0.717, 1.165) is 42.9 Å². The standard InChI is InChI=1S/C23H25FN6O3/c1-29-21(16(14-26-29)18-12-15(22(31)32-2)13-20(24)27-18)33-11-7-3-6-10-30-19-9-5-4-8-17(19)28-23(30)25/h4-5,8-9,12-14H,3,6-7,10-11H2,1-2H3,(H2,25,28). The summed E-state index contributed by atoms with van der Waals surface area (Å²) < 4.78 is 28.2. The minimum absolute atomic E-state index is 0.0705. The molecule has 3 aromatic heterocycles. The van der Waals surface area contributed by atoms with Crippen molar-refractivity contribution in [3.05, 3.63) is 54.1 Å². The lowest BCUT2D eigenvalue weighted by Gasteiger charge is -2.10. The Morgan fingerprint density at radius 3 is 2.79 bits per heavy atom. The van der Waals surface area contributed by atoms with Gasteiger partial charge in [0.05, 0.1) is 47.8 Å². The van der Waals surface area contributed by atoms with E-state index in [0.29, 0.717) is 24.0 Å². The van der Waals surface area contributed by atoms with E-state index in [9.17, 15) is 9.18 Å². The van der Waals surface area contributed by atoms with Crippen molar-refractivity contribution in [3.8, 4) is 17.1 Å². The van der Waals surface area contributed by atoms with E-state index in [-0.39, 0.29) is 11.3 Å². The first-order chi connectivity index (χ1) is 16.0. The number of carbonyl (C=O) groups is 1. The summed E-state index contributed by atoms with van der Waals surface area (Å²) in [6, 6.07) is 10.4. The zero-order valence-electron chi connectivity index (χ0n) is 18.5. The van der Waals surface area contributed by atoms with Gasteiger partial charge < -0.3 is 19.8 Å². The lowest BCUT2D eigenvalue weighted by Crippen LogP contribution is -2.06. The van der Waals surface area contributed by atoms with Crippen LogP contribution in [-0.2, 0) is 18.3 Å². The normalized spacial score (nSPS) is 11.1. The zero-order chi connectivity index (χ0) is 23.4. The lowest BCUT2D eigenvalue weighted by molar-refractivity contribution is 0.0600. The Bertz CT molecular complexity index is 1280. The van der Waals surface area contributed by atoms with Crippen LogP contribution in [0.1, 0.15) is 29.6 Å². The molecule has 0 aliphatic heterocycles. The quantitative estimate of drug-likeness (QED) is 0.235. The number of aryl methyl sites for hydroxylation is 2. The molecule has 172 valence electrons. The molecular formula is C23H25FN6O3. The van der Waals surface area contributed by atoms with Gasteiger partial charge in [-0.1, -0.05) is 12.1 Å². The molecule has 0 saturated heterocycles. The van der Waals surface area contributed by atoms with E-state index in [1.807, 2.05) is 28.8 Å². The predicted molar refractivity (Wildman–Crippen MR) is 121 cm³/mol. The third kappa shape index (κ3) is 4.79. The Morgan fingerprint density at radius 2 is 1.97 bits per heavy atom. The van der Waals surface area contributed by atoms with Crippen LogP contribution in [-0.4, -0.2) is 44.0 Å². The second-order valence-corrected chi connectivity index (χ2v) is 7.56. The highest BCUT2D eigenvalue weighted by Gasteiger charge is 2.17. The van der Waals surface area contributed by atoms with Gasteiger partial charge in [-0.15, -0.1) is 0 Å². The van der Waals surface area contributed by atoms with Crippen molar-refractivity contribution in [2.24, 2.45) is 7.05 Å². The van der Waals surface area contributed by atoms with Crippen molar-refractivity contribution >= 4 is 23.0 Å². The van der Waals surface area contributed by atoms with Gasteiger partial charge in [0, 0.05) is 19.7 Å². The number of methoxy groups -OCH3 is 1. The summed E-state index contributed by atoms with van der Waals surface area (Å²) in [6.45, 7) is 1.22. The number of esters is 1. The maximum atomic E-state index is 14.0. The number of nitrogen functional groups attached to an aromatic ring is 1. The molecule has 0 spiro atoms. The molecule has 0 fully saturated rings. The Balaban J connectivity index is 1.35.